The molecule has 0 unspecified atom stereocenters. The molecule has 6 heteroatoms. The van der Waals surface area contributed by atoms with E-state index < -0.39 is 24.1 Å². The highest BCUT2D eigenvalue weighted by Crippen LogP contribution is 2.17. The SMILES string of the molecule is [CH2+][C@@H]1CN[C@H](C(=O)[O-])C1.[CH2+][C@@H]1CO[C@H](C(=O)[O-])C1. The molecule has 2 saturated heterocycles. The summed E-state index contributed by atoms with van der Waals surface area (Å²) in [7, 11) is 0. The van der Waals surface area contributed by atoms with Crippen molar-refractivity contribution in [3.8, 4) is 0 Å². The molecule has 100 valence electrons. The third kappa shape index (κ3) is 4.46. The number of carboxylic acid groups (broad SMARTS) is 2. The van der Waals surface area contributed by atoms with Crippen LogP contribution in [0.5, 0.6) is 0 Å². The molecule has 6 nitrogen and oxygen atoms in total. The van der Waals surface area contributed by atoms with Crippen LogP contribution in [0.2, 0.25) is 0 Å². The minimum Gasteiger partial charge on any atom is -0.548 e. The Bertz CT molecular complexity index is 277. The van der Waals surface area contributed by atoms with E-state index in [-0.39, 0.29) is 11.8 Å². The fraction of sp³-hybridized carbons (Fsp3) is 0.667. The van der Waals surface area contributed by atoms with Gasteiger partial charge in [-0.1, -0.05) is 0 Å². The number of hydrogen-bond donors (Lipinski definition) is 1. The fourth-order valence-electron chi connectivity index (χ4n) is 1.84. The molecule has 2 aliphatic rings. The second kappa shape index (κ2) is 6.51. The highest BCUT2D eigenvalue weighted by Gasteiger charge is 2.27. The van der Waals surface area contributed by atoms with Crippen LogP contribution in [0.15, 0.2) is 0 Å². The average Bonchev–Trinajstić information content (AvgIpc) is 2.88. The summed E-state index contributed by atoms with van der Waals surface area (Å²) >= 11 is 0. The topological polar surface area (TPSA) is 102 Å². The van der Waals surface area contributed by atoms with Crippen molar-refractivity contribution in [2.75, 3.05) is 13.2 Å². The Balaban J connectivity index is 0.000000180. The van der Waals surface area contributed by atoms with Gasteiger partial charge in [0.15, 0.2) is 0 Å². The first-order valence-electron chi connectivity index (χ1n) is 5.83. The molecule has 0 aromatic carbocycles. The monoisotopic (exact) mass is 255 g/mol. The maximum absolute atomic E-state index is 10.1. The molecule has 0 aliphatic carbocycles. The van der Waals surface area contributed by atoms with E-state index in [4.69, 9.17) is 4.74 Å². The van der Waals surface area contributed by atoms with Crippen LogP contribution in [-0.2, 0) is 14.3 Å². The molecule has 4 atom stereocenters. The number of ether oxygens (including phenoxy) is 1. The summed E-state index contributed by atoms with van der Waals surface area (Å²) in [6.07, 6.45) is 0.373. The molecule has 0 radical (unpaired) electrons. The van der Waals surface area contributed by atoms with Gasteiger partial charge in [0.05, 0.1) is 38.4 Å². The van der Waals surface area contributed by atoms with Gasteiger partial charge in [0.25, 0.3) is 0 Å². The Morgan fingerprint density at radius 1 is 1.11 bits per heavy atom. The maximum atomic E-state index is 10.1. The number of hydrogen-bond acceptors (Lipinski definition) is 6. The van der Waals surface area contributed by atoms with Crippen LogP contribution in [0.3, 0.4) is 0 Å². The van der Waals surface area contributed by atoms with Gasteiger partial charge >= 0.3 is 0 Å². The minimum absolute atomic E-state index is 0.118. The molecule has 1 N–H and O–H groups in total. The molecule has 0 saturated carbocycles. The largest absolute Gasteiger partial charge is 0.548 e. The van der Waals surface area contributed by atoms with Crippen LogP contribution < -0.4 is 15.5 Å². The maximum Gasteiger partial charge on any atom is 0.121 e. The average molecular weight is 255 g/mol. The molecule has 2 rings (SSSR count). The predicted molar refractivity (Wildman–Crippen MR) is 58.5 cm³/mol. The van der Waals surface area contributed by atoms with Gasteiger partial charge in [-0.3, -0.25) is 0 Å². The summed E-state index contributed by atoms with van der Waals surface area (Å²) in [4.78, 5) is 20.2. The molecular weight excluding hydrogens is 238 g/mol. The van der Waals surface area contributed by atoms with Crippen molar-refractivity contribution in [3.63, 3.8) is 0 Å². The van der Waals surface area contributed by atoms with Crippen molar-refractivity contribution in [2.45, 2.75) is 25.0 Å². The Hall–Kier alpha value is -1.40. The lowest BCUT2D eigenvalue weighted by atomic mass is 10.1. The van der Waals surface area contributed by atoms with Gasteiger partial charge in [-0.2, -0.15) is 0 Å². The highest BCUT2D eigenvalue weighted by atomic mass is 16.5. The van der Waals surface area contributed by atoms with Gasteiger partial charge in [-0.05, 0) is 0 Å². The van der Waals surface area contributed by atoms with E-state index in [2.05, 4.69) is 19.2 Å². The lowest BCUT2D eigenvalue weighted by molar-refractivity contribution is -0.315. The fourth-order valence-corrected chi connectivity index (χ4v) is 1.84. The van der Waals surface area contributed by atoms with Crippen molar-refractivity contribution in [1.82, 2.24) is 5.32 Å². The van der Waals surface area contributed by atoms with E-state index in [1.165, 1.54) is 0 Å². The van der Waals surface area contributed by atoms with E-state index in [1.807, 2.05) is 0 Å². The number of carbonyl (C=O) groups excluding carboxylic acids is 2. The summed E-state index contributed by atoms with van der Waals surface area (Å²) in [5.41, 5.74) is 0. The Kier molecular flexibility index (Phi) is 5.30. The van der Waals surface area contributed by atoms with Gasteiger partial charge in [0.2, 0.25) is 0 Å². The molecular formula is C12H17NO5. The zero-order valence-electron chi connectivity index (χ0n) is 10.1. The van der Waals surface area contributed by atoms with E-state index in [0.29, 0.717) is 26.0 Å². The summed E-state index contributed by atoms with van der Waals surface area (Å²) < 4.78 is 4.80. The Morgan fingerprint density at radius 2 is 1.78 bits per heavy atom. The first-order chi connectivity index (χ1) is 8.40. The van der Waals surface area contributed by atoms with Gasteiger partial charge in [-0.15, -0.1) is 0 Å². The third-order valence-electron chi connectivity index (χ3n) is 2.85. The zero-order chi connectivity index (χ0) is 13.7. The quantitative estimate of drug-likeness (QED) is 0.548. The van der Waals surface area contributed by atoms with E-state index in [1.54, 1.807) is 0 Å². The van der Waals surface area contributed by atoms with E-state index in [0.717, 1.165) is 0 Å². The summed E-state index contributed by atoms with van der Waals surface area (Å²) in [5.74, 6) is -1.79. The second-order valence-corrected chi connectivity index (χ2v) is 4.62. The van der Waals surface area contributed by atoms with Crippen LogP contribution >= 0.6 is 0 Å². The van der Waals surface area contributed by atoms with Crippen LogP contribution in [0.25, 0.3) is 0 Å². The van der Waals surface area contributed by atoms with Crippen LogP contribution in [0, 0.1) is 25.7 Å². The summed E-state index contributed by atoms with van der Waals surface area (Å²) in [5, 5.41) is 23.0. The lowest BCUT2D eigenvalue weighted by Crippen LogP contribution is -2.41. The Morgan fingerprint density at radius 3 is 2.00 bits per heavy atom. The van der Waals surface area contributed by atoms with Crippen molar-refractivity contribution < 1.29 is 24.5 Å². The van der Waals surface area contributed by atoms with Crippen molar-refractivity contribution in [2.24, 2.45) is 11.8 Å². The van der Waals surface area contributed by atoms with E-state index >= 15 is 0 Å². The lowest BCUT2D eigenvalue weighted by Gasteiger charge is -2.08. The molecule has 2 aliphatic heterocycles. The molecule has 0 amide bonds. The van der Waals surface area contributed by atoms with Gasteiger partial charge in [0.1, 0.15) is 17.9 Å². The molecule has 18 heavy (non-hydrogen) atoms. The molecule has 0 spiro atoms. The number of aliphatic carboxylic acids is 2. The van der Waals surface area contributed by atoms with Crippen molar-refractivity contribution in [3.05, 3.63) is 13.8 Å². The van der Waals surface area contributed by atoms with Gasteiger partial charge in [0, 0.05) is 19.4 Å². The molecule has 2 fully saturated rings. The number of carbonyl (C=O) groups is 2. The van der Waals surface area contributed by atoms with Crippen LogP contribution in [0.1, 0.15) is 12.8 Å². The van der Waals surface area contributed by atoms with Crippen LogP contribution in [-0.4, -0.2) is 37.2 Å². The van der Waals surface area contributed by atoms with Gasteiger partial charge in [-0.25, -0.2) is 0 Å². The highest BCUT2D eigenvalue weighted by molar-refractivity contribution is 5.71. The summed E-state index contributed by atoms with van der Waals surface area (Å²) in [6.45, 7) is 8.51. The minimum atomic E-state index is -1.12. The zero-order valence-corrected chi connectivity index (χ0v) is 10.1. The standard InChI is InChI=1S/C6H9NO2.C6H8O3/c1-4-2-5(6(8)9)7-3-4;1-4-2-5(6(7)8)9-3-4/h4-5,7H,1-3H2;4-5H,1-3H2/t2*4-,5-/m00/s1. The van der Waals surface area contributed by atoms with E-state index in [9.17, 15) is 19.8 Å². The number of carboxylic acids is 2. The Labute approximate surface area is 106 Å². The van der Waals surface area contributed by atoms with Gasteiger partial charge < -0.3 is 29.9 Å². The number of rotatable bonds is 2. The predicted octanol–water partition coefficient (Wildman–Crippen LogP) is -2.48. The van der Waals surface area contributed by atoms with Crippen molar-refractivity contribution in [1.29, 1.82) is 0 Å². The van der Waals surface area contributed by atoms with Crippen LogP contribution in [0.4, 0.5) is 0 Å². The summed E-state index contributed by atoms with van der Waals surface area (Å²) in [6, 6.07) is -0.465. The first kappa shape index (κ1) is 14.7. The smallest absolute Gasteiger partial charge is 0.121 e. The van der Waals surface area contributed by atoms with Crippen molar-refractivity contribution >= 4 is 11.9 Å². The normalized spacial score (nSPS) is 34.7. The molecule has 2 heterocycles. The first-order valence-corrected chi connectivity index (χ1v) is 5.83. The molecule has 0 aromatic rings. The molecule has 0 aromatic heterocycles. The second-order valence-electron chi connectivity index (χ2n) is 4.62. The molecule has 0 bridgehead atoms. The number of nitrogens with one attached hydrogen (secondary N) is 1. The third-order valence-corrected chi connectivity index (χ3v) is 2.85.